The van der Waals surface area contributed by atoms with Crippen LogP contribution >= 0.6 is 0 Å². The maximum atomic E-state index is 12.5. The number of alkyl halides is 3. The van der Waals surface area contributed by atoms with Crippen molar-refractivity contribution in [2.75, 3.05) is 13.1 Å². The van der Waals surface area contributed by atoms with Crippen LogP contribution in [0.2, 0.25) is 0 Å². The van der Waals surface area contributed by atoms with E-state index in [9.17, 15) is 22.8 Å². The van der Waals surface area contributed by atoms with Gasteiger partial charge in [0.05, 0.1) is 12.6 Å². The number of nitrogens with one attached hydrogen (secondary N) is 1. The average Bonchev–Trinajstić information content (AvgIpc) is 2.97. The molecule has 0 atom stereocenters. The van der Waals surface area contributed by atoms with E-state index in [0.29, 0.717) is 38.2 Å². The molecule has 1 N–H and O–H groups in total. The lowest BCUT2D eigenvalue weighted by molar-refractivity contribution is -0.141. The van der Waals surface area contributed by atoms with Gasteiger partial charge in [-0.1, -0.05) is 6.92 Å². The number of carbonyl (C=O) groups excluding carboxylic acids is 2. The van der Waals surface area contributed by atoms with Crippen LogP contribution in [0.5, 0.6) is 0 Å². The molecule has 1 aromatic heterocycles. The Morgan fingerprint density at radius 2 is 2.00 bits per heavy atom. The van der Waals surface area contributed by atoms with E-state index in [1.165, 1.54) is 0 Å². The predicted molar refractivity (Wildman–Crippen MR) is 72.1 cm³/mol. The summed E-state index contributed by atoms with van der Waals surface area (Å²) in [6.07, 6.45) is -2.32. The van der Waals surface area contributed by atoms with Gasteiger partial charge in [0.15, 0.2) is 0 Å². The van der Waals surface area contributed by atoms with Crippen LogP contribution in [0, 0.1) is 0 Å². The third-order valence-corrected chi connectivity index (χ3v) is 3.88. The van der Waals surface area contributed by atoms with E-state index in [4.69, 9.17) is 0 Å². The fraction of sp³-hybridized carbons (Fsp3) is 0.643. The average molecular weight is 317 g/mol. The van der Waals surface area contributed by atoms with Crippen molar-refractivity contribution < 1.29 is 22.8 Å². The molecule has 1 aliphatic heterocycles. The van der Waals surface area contributed by atoms with Crippen molar-refractivity contribution in [3.63, 3.8) is 0 Å². The van der Waals surface area contributed by atoms with Crippen molar-refractivity contribution in [1.29, 1.82) is 0 Å². The van der Waals surface area contributed by atoms with Gasteiger partial charge in [-0.3, -0.25) is 9.59 Å². The molecule has 1 aromatic rings. The van der Waals surface area contributed by atoms with E-state index >= 15 is 0 Å². The standard InChI is InChI=1S/C14H18F3N3O2/c1-2-10(21)7-12(22)20-5-3-9(4-6-20)13-18-8-11(19-13)14(15,16)17/h8-9H,2-7H2,1H3,(H,18,19). The van der Waals surface area contributed by atoms with Gasteiger partial charge in [0.2, 0.25) is 5.91 Å². The smallest absolute Gasteiger partial charge is 0.342 e. The zero-order valence-electron chi connectivity index (χ0n) is 12.2. The van der Waals surface area contributed by atoms with Gasteiger partial charge in [0.1, 0.15) is 17.3 Å². The third kappa shape index (κ3) is 3.86. The Morgan fingerprint density at radius 1 is 1.36 bits per heavy atom. The van der Waals surface area contributed by atoms with E-state index in [0.717, 1.165) is 6.20 Å². The summed E-state index contributed by atoms with van der Waals surface area (Å²) in [4.78, 5) is 30.9. The Kier molecular flexibility index (Phi) is 4.87. The van der Waals surface area contributed by atoms with Gasteiger partial charge in [-0.05, 0) is 12.8 Å². The number of amides is 1. The first-order valence-corrected chi connectivity index (χ1v) is 7.22. The minimum Gasteiger partial charge on any atom is -0.342 e. The van der Waals surface area contributed by atoms with Crippen molar-refractivity contribution in [2.45, 2.75) is 44.7 Å². The summed E-state index contributed by atoms with van der Waals surface area (Å²) >= 11 is 0. The van der Waals surface area contributed by atoms with Crippen LogP contribution in [-0.2, 0) is 15.8 Å². The predicted octanol–water partition coefficient (Wildman–Crippen LogP) is 2.50. The van der Waals surface area contributed by atoms with Crippen LogP contribution in [0.3, 0.4) is 0 Å². The number of nitrogens with zero attached hydrogens (tertiary/aromatic N) is 2. The highest BCUT2D eigenvalue weighted by Gasteiger charge is 2.34. The van der Waals surface area contributed by atoms with E-state index in [-0.39, 0.29) is 24.0 Å². The molecule has 0 radical (unpaired) electrons. The first-order chi connectivity index (χ1) is 10.3. The van der Waals surface area contributed by atoms with E-state index in [2.05, 4.69) is 9.97 Å². The van der Waals surface area contributed by atoms with Crippen molar-refractivity contribution >= 4 is 11.7 Å². The summed E-state index contributed by atoms with van der Waals surface area (Å²) in [6.45, 7) is 2.57. The second-order valence-electron chi connectivity index (χ2n) is 5.40. The first kappa shape index (κ1) is 16.5. The van der Waals surface area contributed by atoms with Crippen molar-refractivity contribution in [3.8, 4) is 0 Å². The summed E-state index contributed by atoms with van der Waals surface area (Å²) in [5.41, 5.74) is -0.852. The van der Waals surface area contributed by atoms with E-state index < -0.39 is 11.9 Å². The molecule has 5 nitrogen and oxygen atoms in total. The zero-order valence-corrected chi connectivity index (χ0v) is 12.2. The summed E-state index contributed by atoms with van der Waals surface area (Å²) in [6, 6.07) is 0. The second-order valence-corrected chi connectivity index (χ2v) is 5.40. The lowest BCUT2D eigenvalue weighted by Gasteiger charge is -2.31. The molecule has 2 rings (SSSR count). The minimum atomic E-state index is -4.43. The first-order valence-electron chi connectivity index (χ1n) is 7.22. The molecule has 1 amide bonds. The molecule has 122 valence electrons. The van der Waals surface area contributed by atoms with Gasteiger partial charge in [-0.25, -0.2) is 4.98 Å². The number of carbonyl (C=O) groups is 2. The second kappa shape index (κ2) is 6.50. The van der Waals surface area contributed by atoms with Gasteiger partial charge in [-0.15, -0.1) is 0 Å². The molecule has 2 heterocycles. The Bertz CT molecular complexity index is 546. The molecule has 0 saturated carbocycles. The lowest BCUT2D eigenvalue weighted by atomic mass is 9.96. The Labute approximate surface area is 125 Å². The Morgan fingerprint density at radius 3 is 2.50 bits per heavy atom. The number of imidazole rings is 1. The number of piperidine rings is 1. The number of halogens is 3. The van der Waals surface area contributed by atoms with Crippen molar-refractivity contribution in [3.05, 3.63) is 17.7 Å². The summed E-state index contributed by atoms with van der Waals surface area (Å²) < 4.78 is 37.6. The SMILES string of the molecule is CCC(=O)CC(=O)N1CCC(c2ncc(C(F)(F)F)[nH]2)CC1. The van der Waals surface area contributed by atoms with Gasteiger partial charge in [0, 0.05) is 25.4 Å². The maximum Gasteiger partial charge on any atom is 0.432 e. The summed E-state index contributed by atoms with van der Waals surface area (Å²) in [5, 5.41) is 0. The molecule has 1 fully saturated rings. The number of H-pyrrole nitrogens is 1. The number of ketones is 1. The molecule has 22 heavy (non-hydrogen) atoms. The zero-order chi connectivity index (χ0) is 16.3. The van der Waals surface area contributed by atoms with Crippen molar-refractivity contribution in [2.24, 2.45) is 0 Å². The minimum absolute atomic E-state index is 0.0971. The quantitative estimate of drug-likeness (QED) is 0.868. The van der Waals surface area contributed by atoms with Gasteiger partial charge < -0.3 is 9.88 Å². The fourth-order valence-corrected chi connectivity index (χ4v) is 2.50. The molecule has 1 saturated heterocycles. The molecule has 1 aliphatic rings. The largest absolute Gasteiger partial charge is 0.432 e. The molecule has 0 spiro atoms. The molecular weight excluding hydrogens is 299 g/mol. The topological polar surface area (TPSA) is 66.1 Å². The van der Waals surface area contributed by atoms with Gasteiger partial charge >= 0.3 is 6.18 Å². The molecule has 0 bridgehead atoms. The number of Topliss-reactive ketones (excluding diaryl/α,β-unsaturated/α-hetero) is 1. The Balaban J connectivity index is 1.91. The summed E-state index contributed by atoms with van der Waals surface area (Å²) in [5.74, 6) is -0.125. The van der Waals surface area contributed by atoms with Gasteiger partial charge in [-0.2, -0.15) is 13.2 Å². The van der Waals surface area contributed by atoms with E-state index in [1.807, 2.05) is 0 Å². The Hall–Kier alpha value is -1.86. The number of aromatic amines is 1. The molecule has 0 aromatic carbocycles. The van der Waals surface area contributed by atoms with Crippen LogP contribution in [0.1, 0.15) is 50.0 Å². The van der Waals surface area contributed by atoms with Crippen LogP contribution in [-0.4, -0.2) is 39.6 Å². The third-order valence-electron chi connectivity index (χ3n) is 3.88. The van der Waals surface area contributed by atoms with Gasteiger partial charge in [0.25, 0.3) is 0 Å². The normalized spacial score (nSPS) is 16.8. The van der Waals surface area contributed by atoms with Crippen LogP contribution in [0.4, 0.5) is 13.2 Å². The molecule has 0 aliphatic carbocycles. The highest BCUT2D eigenvalue weighted by molar-refractivity contribution is 5.97. The number of aromatic nitrogens is 2. The highest BCUT2D eigenvalue weighted by atomic mass is 19.4. The van der Waals surface area contributed by atoms with Crippen LogP contribution in [0.15, 0.2) is 6.20 Å². The summed E-state index contributed by atoms with van der Waals surface area (Å²) in [7, 11) is 0. The monoisotopic (exact) mass is 317 g/mol. The maximum absolute atomic E-state index is 12.5. The van der Waals surface area contributed by atoms with Crippen LogP contribution < -0.4 is 0 Å². The molecular formula is C14H18F3N3O2. The molecule has 8 heteroatoms. The highest BCUT2D eigenvalue weighted by Crippen LogP contribution is 2.31. The number of hydrogen-bond acceptors (Lipinski definition) is 3. The lowest BCUT2D eigenvalue weighted by Crippen LogP contribution is -2.38. The molecule has 0 unspecified atom stereocenters. The van der Waals surface area contributed by atoms with E-state index in [1.54, 1.807) is 11.8 Å². The number of likely N-dealkylation sites (tertiary alicyclic amines) is 1. The number of rotatable bonds is 4. The number of hydrogen-bond donors (Lipinski definition) is 1. The van der Waals surface area contributed by atoms with Crippen LogP contribution in [0.25, 0.3) is 0 Å². The fourth-order valence-electron chi connectivity index (χ4n) is 2.50. The van der Waals surface area contributed by atoms with Crippen molar-refractivity contribution in [1.82, 2.24) is 14.9 Å².